The van der Waals surface area contributed by atoms with Crippen LogP contribution in [0.1, 0.15) is 42.5 Å². The lowest BCUT2D eigenvalue weighted by Crippen LogP contribution is -2.55. The van der Waals surface area contributed by atoms with Gasteiger partial charge in [-0.25, -0.2) is 0 Å². The second kappa shape index (κ2) is 10.2. The fourth-order valence-electron chi connectivity index (χ4n) is 5.09. The SMILES string of the molecule is O=C1C[C@H](NC(=O)[C@@H]2C[C@@H]3CN2C(=O)[C@@H](NC(=O)c2ccc4ccccc4c2)CCCCO3)C(O)O1. The van der Waals surface area contributed by atoms with E-state index < -0.39 is 36.3 Å². The van der Waals surface area contributed by atoms with Gasteiger partial charge in [0, 0.05) is 25.1 Å². The highest BCUT2D eigenvalue weighted by atomic mass is 16.6. The first kappa shape index (κ1) is 24.2. The predicted octanol–water partition coefficient (Wildman–Crippen LogP) is 0.858. The summed E-state index contributed by atoms with van der Waals surface area (Å²) < 4.78 is 10.6. The third kappa shape index (κ3) is 5.05. The molecule has 3 fully saturated rings. The van der Waals surface area contributed by atoms with Gasteiger partial charge in [-0.05, 0) is 42.2 Å². The largest absolute Gasteiger partial charge is 0.434 e. The van der Waals surface area contributed by atoms with E-state index in [1.807, 2.05) is 30.3 Å². The smallest absolute Gasteiger partial charge is 0.310 e. The van der Waals surface area contributed by atoms with Gasteiger partial charge < -0.3 is 30.1 Å². The molecule has 3 saturated heterocycles. The molecule has 3 N–H and O–H groups in total. The maximum absolute atomic E-state index is 13.6. The first-order valence-corrected chi connectivity index (χ1v) is 12.3. The lowest BCUT2D eigenvalue weighted by molar-refractivity contribution is -0.155. The highest BCUT2D eigenvalue weighted by Crippen LogP contribution is 2.25. The highest BCUT2D eigenvalue weighted by Gasteiger charge is 2.44. The summed E-state index contributed by atoms with van der Waals surface area (Å²) in [4.78, 5) is 52.7. The molecule has 0 radical (unpaired) electrons. The summed E-state index contributed by atoms with van der Waals surface area (Å²) in [6.07, 6.45) is 0.247. The van der Waals surface area contributed by atoms with Crippen LogP contribution in [0.15, 0.2) is 42.5 Å². The van der Waals surface area contributed by atoms with Gasteiger partial charge in [0.05, 0.1) is 12.5 Å². The van der Waals surface area contributed by atoms with Crippen LogP contribution >= 0.6 is 0 Å². The fourth-order valence-corrected chi connectivity index (χ4v) is 5.09. The molecule has 36 heavy (non-hydrogen) atoms. The van der Waals surface area contributed by atoms with Crippen molar-refractivity contribution in [3.05, 3.63) is 48.0 Å². The molecule has 3 amide bonds. The molecule has 10 nitrogen and oxygen atoms in total. The number of hydrogen-bond donors (Lipinski definition) is 3. The Bertz CT molecular complexity index is 1190. The molecule has 2 aromatic rings. The number of amides is 3. The zero-order valence-corrected chi connectivity index (χ0v) is 19.7. The van der Waals surface area contributed by atoms with Gasteiger partial charge in [0.25, 0.3) is 5.91 Å². The summed E-state index contributed by atoms with van der Waals surface area (Å²) in [5, 5.41) is 17.3. The molecule has 0 spiro atoms. The highest BCUT2D eigenvalue weighted by molar-refractivity contribution is 6.01. The molecule has 0 aromatic heterocycles. The lowest BCUT2D eigenvalue weighted by atomic mass is 10.0. The summed E-state index contributed by atoms with van der Waals surface area (Å²) in [5.41, 5.74) is 0.454. The van der Waals surface area contributed by atoms with Crippen molar-refractivity contribution in [1.82, 2.24) is 15.5 Å². The minimum Gasteiger partial charge on any atom is -0.434 e. The van der Waals surface area contributed by atoms with Crippen molar-refractivity contribution in [1.29, 1.82) is 0 Å². The summed E-state index contributed by atoms with van der Waals surface area (Å²) in [6, 6.07) is 10.6. The zero-order valence-electron chi connectivity index (χ0n) is 19.7. The molecule has 190 valence electrons. The quantitative estimate of drug-likeness (QED) is 0.536. The molecule has 3 heterocycles. The molecule has 10 heteroatoms. The van der Waals surface area contributed by atoms with Crippen molar-refractivity contribution in [2.24, 2.45) is 0 Å². The van der Waals surface area contributed by atoms with E-state index in [9.17, 15) is 24.3 Å². The van der Waals surface area contributed by atoms with Gasteiger partial charge >= 0.3 is 5.97 Å². The number of carbonyl (C=O) groups excluding carboxylic acids is 4. The van der Waals surface area contributed by atoms with Crippen LogP contribution in [0.5, 0.6) is 0 Å². The van der Waals surface area contributed by atoms with Crippen LogP contribution in [0.4, 0.5) is 0 Å². The number of esters is 1. The number of aliphatic hydroxyl groups is 1. The Labute approximate surface area is 207 Å². The van der Waals surface area contributed by atoms with Crippen molar-refractivity contribution in [2.75, 3.05) is 13.2 Å². The molecule has 3 aliphatic rings. The summed E-state index contributed by atoms with van der Waals surface area (Å²) in [7, 11) is 0. The van der Waals surface area contributed by atoms with E-state index in [1.165, 1.54) is 4.90 Å². The van der Waals surface area contributed by atoms with E-state index in [4.69, 9.17) is 9.47 Å². The maximum atomic E-state index is 13.6. The van der Waals surface area contributed by atoms with Crippen LogP contribution in [0.25, 0.3) is 10.8 Å². The van der Waals surface area contributed by atoms with Gasteiger partial charge in [0.1, 0.15) is 18.1 Å². The van der Waals surface area contributed by atoms with E-state index in [0.717, 1.165) is 17.2 Å². The van der Waals surface area contributed by atoms with E-state index in [2.05, 4.69) is 10.6 Å². The number of ether oxygens (including phenoxy) is 2. The third-order valence-corrected chi connectivity index (χ3v) is 7.01. The van der Waals surface area contributed by atoms with Crippen LogP contribution in [-0.4, -0.2) is 77.4 Å². The number of rotatable bonds is 4. The molecule has 0 saturated carbocycles. The number of aliphatic hydroxyl groups excluding tert-OH is 1. The van der Waals surface area contributed by atoms with Crippen LogP contribution in [0, 0.1) is 0 Å². The molecular formula is C26H29N3O7. The number of nitrogens with one attached hydrogen (secondary N) is 2. The first-order valence-electron chi connectivity index (χ1n) is 12.3. The molecule has 5 atom stereocenters. The van der Waals surface area contributed by atoms with Gasteiger partial charge in [-0.15, -0.1) is 0 Å². The van der Waals surface area contributed by atoms with E-state index in [-0.39, 0.29) is 30.9 Å². The molecule has 3 aliphatic heterocycles. The molecule has 2 aromatic carbocycles. The second-order valence-corrected chi connectivity index (χ2v) is 9.52. The van der Waals surface area contributed by atoms with Crippen molar-refractivity contribution < 1.29 is 33.8 Å². The normalized spacial score (nSPS) is 28.6. The number of benzene rings is 2. The number of carbonyl (C=O) groups is 4. The molecular weight excluding hydrogens is 466 g/mol. The Kier molecular flexibility index (Phi) is 6.88. The van der Waals surface area contributed by atoms with Crippen LogP contribution in [0.2, 0.25) is 0 Å². The van der Waals surface area contributed by atoms with Gasteiger partial charge in [-0.1, -0.05) is 30.3 Å². The number of cyclic esters (lactones) is 1. The zero-order chi connectivity index (χ0) is 25.2. The van der Waals surface area contributed by atoms with Crippen molar-refractivity contribution >= 4 is 34.5 Å². The number of nitrogens with zero attached hydrogens (tertiary/aromatic N) is 1. The van der Waals surface area contributed by atoms with Crippen LogP contribution in [-0.2, 0) is 23.9 Å². The van der Waals surface area contributed by atoms with Gasteiger partial charge in [-0.3, -0.25) is 19.2 Å². The fraction of sp³-hybridized carbons (Fsp3) is 0.462. The minimum atomic E-state index is -1.42. The van der Waals surface area contributed by atoms with Crippen LogP contribution < -0.4 is 10.6 Å². The Morgan fingerprint density at radius 3 is 2.61 bits per heavy atom. The van der Waals surface area contributed by atoms with Gasteiger partial charge in [0.2, 0.25) is 18.1 Å². The second-order valence-electron chi connectivity index (χ2n) is 9.52. The standard InChI is InChI=1S/C26H29N3O7/c30-22-13-20(26(34)36-22)28-24(32)21-12-18-14-29(21)25(33)19(7-3-4-10-35-18)27-23(31)17-9-8-15-5-1-2-6-16(15)11-17/h1-2,5-6,8-9,11,18-21,26,34H,3-4,7,10,12-14H2,(H,27,31)(H,28,32)/t18-,19+,20+,21+,26?/m1/s1. The van der Waals surface area contributed by atoms with Gasteiger partial charge in [-0.2, -0.15) is 0 Å². The Morgan fingerprint density at radius 1 is 1.03 bits per heavy atom. The molecule has 2 bridgehead atoms. The topological polar surface area (TPSA) is 134 Å². The predicted molar refractivity (Wildman–Crippen MR) is 128 cm³/mol. The Hall–Kier alpha value is -3.50. The van der Waals surface area contributed by atoms with E-state index >= 15 is 0 Å². The van der Waals surface area contributed by atoms with Crippen molar-refractivity contribution in [2.45, 2.75) is 62.6 Å². The molecule has 5 rings (SSSR count). The minimum absolute atomic E-state index is 0.141. The van der Waals surface area contributed by atoms with Crippen LogP contribution in [0.3, 0.4) is 0 Å². The number of fused-ring (bicyclic) bond motifs is 3. The first-order chi connectivity index (χ1) is 17.4. The summed E-state index contributed by atoms with van der Waals surface area (Å²) in [5.74, 6) is -1.79. The van der Waals surface area contributed by atoms with Crippen molar-refractivity contribution in [3.8, 4) is 0 Å². The Balaban J connectivity index is 1.32. The average Bonchev–Trinajstić information content (AvgIpc) is 3.43. The monoisotopic (exact) mass is 495 g/mol. The summed E-state index contributed by atoms with van der Waals surface area (Å²) >= 11 is 0. The van der Waals surface area contributed by atoms with E-state index in [0.29, 0.717) is 31.4 Å². The average molecular weight is 496 g/mol. The Morgan fingerprint density at radius 2 is 1.83 bits per heavy atom. The maximum Gasteiger partial charge on any atom is 0.310 e. The molecule has 0 aliphatic carbocycles. The summed E-state index contributed by atoms with van der Waals surface area (Å²) in [6.45, 7) is 0.720. The third-order valence-electron chi connectivity index (χ3n) is 7.01. The van der Waals surface area contributed by atoms with E-state index in [1.54, 1.807) is 12.1 Å². The number of hydrogen-bond acceptors (Lipinski definition) is 7. The molecule has 1 unspecified atom stereocenters. The van der Waals surface area contributed by atoms with Gasteiger partial charge in [0.15, 0.2) is 0 Å². The van der Waals surface area contributed by atoms with Crippen molar-refractivity contribution in [3.63, 3.8) is 0 Å². The lowest BCUT2D eigenvalue weighted by Gasteiger charge is -2.29.